The van der Waals surface area contributed by atoms with Crippen LogP contribution in [0, 0.1) is 11.3 Å². The maximum atomic E-state index is 12.0. The Bertz CT molecular complexity index is 1420. The highest BCUT2D eigenvalue weighted by Crippen LogP contribution is 2.43. The summed E-state index contributed by atoms with van der Waals surface area (Å²) in [5, 5.41) is 27.8. The number of rotatable bonds is 9. The van der Waals surface area contributed by atoms with Crippen molar-refractivity contribution in [3.05, 3.63) is 53.9 Å². The van der Waals surface area contributed by atoms with E-state index in [0.29, 0.717) is 36.1 Å². The molecule has 1 aliphatic rings. The van der Waals surface area contributed by atoms with E-state index in [-0.39, 0.29) is 6.10 Å². The minimum atomic E-state index is -0.492. The van der Waals surface area contributed by atoms with Crippen LogP contribution in [0.15, 0.2) is 42.5 Å². The molecule has 0 spiro atoms. The number of nitrogens with zero attached hydrogens (tertiary/aromatic N) is 5. The van der Waals surface area contributed by atoms with Gasteiger partial charge in [-0.3, -0.25) is 5.32 Å². The molecule has 0 atom stereocenters. The lowest BCUT2D eigenvalue weighted by Crippen LogP contribution is -2.18. The highest BCUT2D eigenvalue weighted by molar-refractivity contribution is 5.96. The molecule has 5 rings (SSSR count). The van der Waals surface area contributed by atoms with Crippen molar-refractivity contribution in [2.75, 3.05) is 11.9 Å². The molecule has 0 saturated heterocycles. The highest BCUT2D eigenvalue weighted by Gasteiger charge is 2.28. The van der Waals surface area contributed by atoms with Crippen LogP contribution in [0.4, 0.5) is 10.5 Å². The van der Waals surface area contributed by atoms with Crippen molar-refractivity contribution in [2.45, 2.75) is 58.1 Å². The van der Waals surface area contributed by atoms with E-state index in [1.165, 1.54) is 6.42 Å². The van der Waals surface area contributed by atoms with Gasteiger partial charge in [0, 0.05) is 29.6 Å². The number of tetrazole rings is 1. The second-order valence-corrected chi connectivity index (χ2v) is 9.41. The summed E-state index contributed by atoms with van der Waals surface area (Å²) in [6, 6.07) is 16.2. The number of carbonyl (C=O) groups excluding carboxylic acids is 1. The molecule has 2 aromatic carbocycles. The van der Waals surface area contributed by atoms with Gasteiger partial charge in [0.25, 0.3) is 0 Å². The zero-order chi connectivity index (χ0) is 25.8. The van der Waals surface area contributed by atoms with Gasteiger partial charge in [-0.25, -0.2) is 4.79 Å². The fourth-order valence-electron chi connectivity index (χ4n) is 4.58. The maximum Gasteiger partial charge on any atom is 0.411 e. The monoisotopic (exact) mass is 499 g/mol. The van der Waals surface area contributed by atoms with Crippen molar-refractivity contribution < 1.29 is 14.3 Å². The van der Waals surface area contributed by atoms with Crippen LogP contribution in [0.2, 0.25) is 0 Å². The number of ether oxygens (including phenoxy) is 2. The maximum absolute atomic E-state index is 12.0. The van der Waals surface area contributed by atoms with E-state index >= 15 is 0 Å². The molecule has 4 aromatic rings. The van der Waals surface area contributed by atoms with Crippen LogP contribution in [0.3, 0.4) is 0 Å². The van der Waals surface area contributed by atoms with Gasteiger partial charge < -0.3 is 14.0 Å². The van der Waals surface area contributed by atoms with Crippen LogP contribution < -0.4 is 10.1 Å². The minimum absolute atomic E-state index is 0.199. The van der Waals surface area contributed by atoms with E-state index in [9.17, 15) is 10.1 Å². The molecule has 0 aliphatic heterocycles. The van der Waals surface area contributed by atoms with Gasteiger partial charge in [0.1, 0.15) is 11.8 Å². The molecule has 1 fully saturated rings. The van der Waals surface area contributed by atoms with Crippen LogP contribution in [0.5, 0.6) is 5.75 Å². The molecule has 10 heteroatoms. The normalized spacial score (nSPS) is 13.4. The second kappa shape index (κ2) is 10.7. The summed E-state index contributed by atoms with van der Waals surface area (Å²) in [6.45, 7) is 4.13. The number of fused-ring (bicyclic) bond motifs is 1. The smallest absolute Gasteiger partial charge is 0.411 e. The van der Waals surface area contributed by atoms with E-state index < -0.39 is 6.09 Å². The molecule has 2 N–H and O–H groups in total. The molecule has 2 aromatic heterocycles. The van der Waals surface area contributed by atoms with Crippen LogP contribution >= 0.6 is 0 Å². The number of nitriles is 1. The van der Waals surface area contributed by atoms with Gasteiger partial charge in [-0.2, -0.15) is 10.5 Å². The van der Waals surface area contributed by atoms with E-state index in [4.69, 9.17) is 9.47 Å². The first-order valence-electron chi connectivity index (χ1n) is 12.5. The van der Waals surface area contributed by atoms with Crippen LogP contribution in [-0.4, -0.2) is 44.0 Å². The summed E-state index contributed by atoms with van der Waals surface area (Å²) in [7, 11) is 0. The first-order chi connectivity index (χ1) is 18.0. The first kappa shape index (κ1) is 24.3. The van der Waals surface area contributed by atoms with E-state index in [1.54, 1.807) is 13.8 Å². The predicted octanol–water partition coefficient (Wildman–Crippen LogP) is 5.39. The summed E-state index contributed by atoms with van der Waals surface area (Å²) in [5.41, 5.74) is 4.09. The molecule has 1 saturated carbocycles. The number of H-pyrrole nitrogens is 1. The average Bonchev–Trinajstić information content (AvgIpc) is 3.47. The molecule has 10 nitrogen and oxygen atoms in total. The quantitative estimate of drug-likeness (QED) is 0.295. The number of aryl methyl sites for hydroxylation is 1. The number of carbonyl (C=O) groups is 1. The van der Waals surface area contributed by atoms with Gasteiger partial charge >= 0.3 is 6.09 Å². The average molecular weight is 500 g/mol. The molecule has 37 heavy (non-hydrogen) atoms. The van der Waals surface area contributed by atoms with Crippen molar-refractivity contribution in [2.24, 2.45) is 0 Å². The molecule has 190 valence electrons. The van der Waals surface area contributed by atoms with E-state index in [2.05, 4.69) is 36.6 Å². The third kappa shape index (κ3) is 5.26. The SMILES string of the molecule is CC(C)OC(=O)Nc1ccc(-c2c(C#N)c3ccc(OCCCc4nn[nH]n4)cc3n2C2CCC2)cc1. The molecular formula is C27H29N7O3. The fourth-order valence-corrected chi connectivity index (χ4v) is 4.58. The minimum Gasteiger partial charge on any atom is -0.494 e. The Labute approximate surface area is 214 Å². The van der Waals surface area contributed by atoms with Gasteiger partial charge in [-0.1, -0.05) is 17.3 Å². The van der Waals surface area contributed by atoms with E-state index in [0.717, 1.165) is 47.2 Å². The Morgan fingerprint density at radius 1 is 1.24 bits per heavy atom. The topological polar surface area (TPSA) is 131 Å². The van der Waals surface area contributed by atoms with Gasteiger partial charge in [-0.05, 0) is 69.4 Å². The number of amides is 1. The van der Waals surface area contributed by atoms with Crippen molar-refractivity contribution in [1.29, 1.82) is 5.26 Å². The number of hydrogen-bond donors (Lipinski definition) is 2. The second-order valence-electron chi connectivity index (χ2n) is 9.41. The standard InChI is InChI=1S/C27H29N7O3/c1-17(2)37-27(35)29-19-10-8-18(9-11-19)26-23(16-28)22-13-12-21(15-24(22)34(26)20-5-3-6-20)36-14-4-7-25-30-32-33-31-25/h8-13,15,17,20H,3-7,14H2,1-2H3,(H,29,35)(H,30,31,32,33). The van der Waals surface area contributed by atoms with Crippen LogP contribution in [0.25, 0.3) is 22.2 Å². The van der Waals surface area contributed by atoms with Gasteiger partial charge in [0.15, 0.2) is 5.82 Å². The lowest BCUT2D eigenvalue weighted by atomic mass is 9.92. The lowest BCUT2D eigenvalue weighted by molar-refractivity contribution is 0.130. The zero-order valence-electron chi connectivity index (χ0n) is 20.9. The van der Waals surface area contributed by atoms with Crippen molar-refractivity contribution in [3.8, 4) is 23.1 Å². The molecule has 0 bridgehead atoms. The number of benzene rings is 2. The predicted molar refractivity (Wildman–Crippen MR) is 138 cm³/mol. The van der Waals surface area contributed by atoms with Crippen molar-refractivity contribution >= 4 is 22.7 Å². The number of hydrogen-bond acceptors (Lipinski definition) is 7. The molecule has 1 aliphatic carbocycles. The third-order valence-corrected chi connectivity index (χ3v) is 6.48. The van der Waals surface area contributed by atoms with Gasteiger partial charge in [-0.15, -0.1) is 10.2 Å². The molecule has 1 amide bonds. The Hall–Kier alpha value is -4.39. The third-order valence-electron chi connectivity index (χ3n) is 6.48. The van der Waals surface area contributed by atoms with E-state index in [1.807, 2.05) is 42.5 Å². The molecule has 0 unspecified atom stereocenters. The lowest BCUT2D eigenvalue weighted by Gasteiger charge is -2.30. The summed E-state index contributed by atoms with van der Waals surface area (Å²) in [4.78, 5) is 12.0. The van der Waals surface area contributed by atoms with Gasteiger partial charge in [0.2, 0.25) is 0 Å². The molecule has 0 radical (unpaired) electrons. The Balaban J connectivity index is 1.43. The number of anilines is 1. The molecular weight excluding hydrogens is 470 g/mol. The largest absolute Gasteiger partial charge is 0.494 e. The number of aromatic amines is 1. The summed E-state index contributed by atoms with van der Waals surface area (Å²) in [5.74, 6) is 1.43. The summed E-state index contributed by atoms with van der Waals surface area (Å²) < 4.78 is 13.5. The summed E-state index contributed by atoms with van der Waals surface area (Å²) in [6.07, 6.45) is 4.06. The Kier molecular flexibility index (Phi) is 7.03. The fraction of sp³-hybridized carbons (Fsp3) is 0.370. The zero-order valence-corrected chi connectivity index (χ0v) is 20.9. The van der Waals surface area contributed by atoms with Crippen LogP contribution in [-0.2, 0) is 11.2 Å². The van der Waals surface area contributed by atoms with Gasteiger partial charge in [0.05, 0.1) is 29.5 Å². The molecule has 2 heterocycles. The van der Waals surface area contributed by atoms with Crippen molar-refractivity contribution in [1.82, 2.24) is 25.2 Å². The Morgan fingerprint density at radius 3 is 2.70 bits per heavy atom. The number of aromatic nitrogens is 5. The highest BCUT2D eigenvalue weighted by atomic mass is 16.6. The first-order valence-corrected chi connectivity index (χ1v) is 12.5. The van der Waals surface area contributed by atoms with Crippen LogP contribution in [0.1, 0.15) is 57.0 Å². The Morgan fingerprint density at radius 2 is 2.05 bits per heavy atom. The summed E-state index contributed by atoms with van der Waals surface area (Å²) >= 11 is 0. The van der Waals surface area contributed by atoms with Crippen molar-refractivity contribution in [3.63, 3.8) is 0 Å². The number of nitrogens with one attached hydrogen (secondary N) is 2.